The molecule has 0 unspecified atom stereocenters. The molecular weight excluding hydrogens is 402 g/mol. The number of carbonyl (C=O) groups excluding carboxylic acids is 1. The van der Waals surface area contributed by atoms with E-state index < -0.39 is 10.8 Å². The van der Waals surface area contributed by atoms with E-state index in [0.717, 1.165) is 11.3 Å². The first kappa shape index (κ1) is 19.5. The van der Waals surface area contributed by atoms with Crippen LogP contribution in [-0.2, 0) is 6.42 Å². The van der Waals surface area contributed by atoms with Crippen LogP contribution in [0.25, 0.3) is 11.3 Å². The molecule has 0 saturated heterocycles. The molecule has 2 heterocycles. The van der Waals surface area contributed by atoms with Gasteiger partial charge in [0, 0.05) is 23.6 Å². The van der Waals surface area contributed by atoms with Gasteiger partial charge >= 0.3 is 0 Å². The molecule has 7 nitrogen and oxygen atoms in total. The molecule has 0 fully saturated rings. The quantitative estimate of drug-likeness (QED) is 0.330. The van der Waals surface area contributed by atoms with Crippen molar-refractivity contribution in [2.24, 2.45) is 0 Å². The molecule has 4 rings (SSSR count). The van der Waals surface area contributed by atoms with E-state index in [1.54, 1.807) is 30.5 Å². The van der Waals surface area contributed by atoms with E-state index in [4.69, 9.17) is 4.42 Å². The van der Waals surface area contributed by atoms with Crippen LogP contribution in [0.1, 0.15) is 26.6 Å². The zero-order chi connectivity index (χ0) is 21.1. The van der Waals surface area contributed by atoms with Gasteiger partial charge in [-0.05, 0) is 30.7 Å². The summed E-state index contributed by atoms with van der Waals surface area (Å²) < 4.78 is 5.57. The van der Waals surface area contributed by atoms with Crippen LogP contribution in [0, 0.1) is 17.0 Å². The minimum Gasteiger partial charge on any atom is -0.451 e. The van der Waals surface area contributed by atoms with Crippen molar-refractivity contribution in [2.75, 3.05) is 5.32 Å². The average molecular weight is 419 g/mol. The van der Waals surface area contributed by atoms with Crippen LogP contribution in [-0.4, -0.2) is 15.8 Å². The molecule has 2 aromatic heterocycles. The number of anilines is 1. The van der Waals surface area contributed by atoms with E-state index >= 15 is 0 Å². The highest BCUT2D eigenvalue weighted by molar-refractivity contribution is 7.15. The highest BCUT2D eigenvalue weighted by Crippen LogP contribution is 2.31. The summed E-state index contributed by atoms with van der Waals surface area (Å²) in [6.45, 7) is 2.04. The number of thiazole rings is 1. The van der Waals surface area contributed by atoms with Crippen molar-refractivity contribution in [1.82, 2.24) is 4.98 Å². The predicted molar refractivity (Wildman–Crippen MR) is 115 cm³/mol. The largest absolute Gasteiger partial charge is 0.451 e. The van der Waals surface area contributed by atoms with Gasteiger partial charge in [0.15, 0.2) is 10.9 Å². The number of nitro benzene ring substituents is 1. The third-order valence-electron chi connectivity index (χ3n) is 4.47. The SMILES string of the molecule is Cc1ccc(Cc2cnc(NC(=O)c3ccc(-c4ccccc4[N+](=O)[O-])o3)s2)cc1. The number of aryl methyl sites for hydroxylation is 1. The molecule has 0 radical (unpaired) electrons. The molecular formula is C22H17N3O4S. The molecule has 8 heteroatoms. The number of furan rings is 1. The first-order valence-corrected chi connectivity index (χ1v) is 9.96. The van der Waals surface area contributed by atoms with Crippen molar-refractivity contribution >= 4 is 28.1 Å². The molecule has 1 amide bonds. The third kappa shape index (κ3) is 4.28. The number of hydrogen-bond acceptors (Lipinski definition) is 6. The number of carbonyl (C=O) groups is 1. The fourth-order valence-electron chi connectivity index (χ4n) is 2.96. The van der Waals surface area contributed by atoms with Gasteiger partial charge in [0.1, 0.15) is 5.76 Å². The average Bonchev–Trinajstić information content (AvgIpc) is 3.39. The number of nitro groups is 1. The minimum atomic E-state index is -0.483. The van der Waals surface area contributed by atoms with Crippen molar-refractivity contribution < 1.29 is 14.1 Å². The number of amides is 1. The Morgan fingerprint density at radius 1 is 1.13 bits per heavy atom. The van der Waals surface area contributed by atoms with Crippen LogP contribution in [0.5, 0.6) is 0 Å². The highest BCUT2D eigenvalue weighted by Gasteiger charge is 2.19. The Kier molecular flexibility index (Phi) is 5.40. The number of hydrogen-bond donors (Lipinski definition) is 1. The van der Waals surface area contributed by atoms with Gasteiger partial charge in [-0.2, -0.15) is 0 Å². The van der Waals surface area contributed by atoms with Gasteiger partial charge in [-0.1, -0.05) is 42.0 Å². The number of para-hydroxylation sites is 1. The molecule has 0 aliphatic rings. The molecule has 0 atom stereocenters. The molecule has 0 bridgehead atoms. The summed E-state index contributed by atoms with van der Waals surface area (Å²) in [5.74, 6) is -0.152. The number of rotatable bonds is 6. The summed E-state index contributed by atoms with van der Waals surface area (Å²) >= 11 is 1.39. The van der Waals surface area contributed by atoms with Gasteiger partial charge < -0.3 is 4.42 Å². The smallest absolute Gasteiger partial charge is 0.293 e. The molecule has 1 N–H and O–H groups in total. The lowest BCUT2D eigenvalue weighted by Crippen LogP contribution is -2.10. The summed E-state index contributed by atoms with van der Waals surface area (Å²) in [7, 11) is 0. The normalized spacial score (nSPS) is 10.7. The van der Waals surface area contributed by atoms with E-state index in [1.165, 1.54) is 34.6 Å². The summed E-state index contributed by atoms with van der Waals surface area (Å²) in [6.07, 6.45) is 2.47. The highest BCUT2D eigenvalue weighted by atomic mass is 32.1. The van der Waals surface area contributed by atoms with Crippen molar-refractivity contribution in [3.8, 4) is 11.3 Å². The van der Waals surface area contributed by atoms with Crippen molar-refractivity contribution in [3.05, 3.63) is 98.7 Å². The number of nitrogens with zero attached hydrogens (tertiary/aromatic N) is 2. The van der Waals surface area contributed by atoms with E-state index in [1.807, 2.05) is 6.92 Å². The predicted octanol–water partition coefficient (Wildman–Crippen LogP) is 5.46. The van der Waals surface area contributed by atoms with E-state index in [9.17, 15) is 14.9 Å². The second kappa shape index (κ2) is 8.30. The topological polar surface area (TPSA) is 98.3 Å². The Morgan fingerprint density at radius 2 is 1.90 bits per heavy atom. The summed E-state index contributed by atoms with van der Waals surface area (Å²) in [5, 5.41) is 14.4. The molecule has 0 aliphatic heterocycles. The maximum absolute atomic E-state index is 12.5. The molecule has 0 aliphatic carbocycles. The van der Waals surface area contributed by atoms with Gasteiger partial charge in [-0.25, -0.2) is 4.98 Å². The van der Waals surface area contributed by atoms with Crippen LogP contribution in [0.3, 0.4) is 0 Å². The summed E-state index contributed by atoms with van der Waals surface area (Å²) in [4.78, 5) is 28.5. The Morgan fingerprint density at radius 3 is 2.67 bits per heavy atom. The molecule has 2 aromatic carbocycles. The van der Waals surface area contributed by atoms with E-state index in [-0.39, 0.29) is 17.2 Å². The molecule has 150 valence electrons. The van der Waals surface area contributed by atoms with Gasteiger partial charge in [-0.3, -0.25) is 20.2 Å². The molecule has 0 spiro atoms. The molecule has 4 aromatic rings. The van der Waals surface area contributed by atoms with Crippen LogP contribution in [0.2, 0.25) is 0 Å². The van der Waals surface area contributed by atoms with Gasteiger partial charge in [0.25, 0.3) is 11.6 Å². The first-order chi connectivity index (χ1) is 14.5. The summed E-state index contributed by atoms with van der Waals surface area (Å²) in [5.41, 5.74) is 2.60. The maximum atomic E-state index is 12.5. The van der Waals surface area contributed by atoms with Crippen LogP contribution < -0.4 is 5.32 Å². The Labute approximate surface area is 176 Å². The number of aromatic nitrogens is 1. The lowest BCUT2D eigenvalue weighted by molar-refractivity contribution is -0.384. The number of nitrogens with one attached hydrogen (secondary N) is 1. The lowest BCUT2D eigenvalue weighted by Gasteiger charge is -2.00. The molecule has 0 saturated carbocycles. The standard InChI is InChI=1S/C22H17N3O4S/c1-14-6-8-15(9-7-14)12-16-13-23-22(30-16)24-21(26)20-11-10-19(29-20)17-4-2-3-5-18(17)25(27)28/h2-11,13H,12H2,1H3,(H,23,24,26). The fourth-order valence-corrected chi connectivity index (χ4v) is 3.80. The Bertz CT molecular complexity index is 1210. The zero-order valence-electron chi connectivity index (χ0n) is 16.0. The van der Waals surface area contributed by atoms with Crippen molar-refractivity contribution in [3.63, 3.8) is 0 Å². The first-order valence-electron chi connectivity index (χ1n) is 9.15. The Hall–Kier alpha value is -3.78. The van der Waals surface area contributed by atoms with Crippen molar-refractivity contribution in [2.45, 2.75) is 13.3 Å². The second-order valence-electron chi connectivity index (χ2n) is 6.69. The number of benzene rings is 2. The summed E-state index contributed by atoms with van der Waals surface area (Å²) in [6, 6.07) is 17.5. The fraction of sp³-hybridized carbons (Fsp3) is 0.0909. The van der Waals surface area contributed by atoms with E-state index in [0.29, 0.717) is 10.7 Å². The van der Waals surface area contributed by atoms with Crippen LogP contribution >= 0.6 is 11.3 Å². The Balaban J connectivity index is 1.46. The van der Waals surface area contributed by atoms with E-state index in [2.05, 4.69) is 34.6 Å². The van der Waals surface area contributed by atoms with Gasteiger partial charge in [0.05, 0.1) is 10.5 Å². The monoisotopic (exact) mass is 419 g/mol. The maximum Gasteiger partial charge on any atom is 0.293 e. The van der Waals surface area contributed by atoms with Crippen molar-refractivity contribution in [1.29, 1.82) is 0 Å². The zero-order valence-corrected chi connectivity index (χ0v) is 16.8. The van der Waals surface area contributed by atoms with Crippen LogP contribution in [0.4, 0.5) is 10.8 Å². The minimum absolute atomic E-state index is 0.0541. The van der Waals surface area contributed by atoms with Gasteiger partial charge in [-0.15, -0.1) is 11.3 Å². The lowest BCUT2D eigenvalue weighted by atomic mass is 10.1. The third-order valence-corrected chi connectivity index (χ3v) is 5.38. The van der Waals surface area contributed by atoms with Crippen LogP contribution in [0.15, 0.2) is 71.3 Å². The molecule has 30 heavy (non-hydrogen) atoms. The van der Waals surface area contributed by atoms with Gasteiger partial charge in [0.2, 0.25) is 0 Å². The second-order valence-corrected chi connectivity index (χ2v) is 7.80.